The van der Waals surface area contributed by atoms with E-state index in [4.69, 9.17) is 0 Å². The summed E-state index contributed by atoms with van der Waals surface area (Å²) in [5.74, 6) is -0.747. The van der Waals surface area contributed by atoms with Crippen LogP contribution in [0.25, 0.3) is 33.3 Å². The Kier molecular flexibility index (Phi) is 7.25. The van der Waals surface area contributed by atoms with Crippen LogP contribution in [0.5, 0.6) is 0 Å². The second kappa shape index (κ2) is 10.9. The first kappa shape index (κ1) is 28.0. The highest BCUT2D eigenvalue weighted by Gasteiger charge is 2.37. The Morgan fingerprint density at radius 3 is 2.40 bits per heavy atom. The average Bonchev–Trinajstić information content (AvgIpc) is 3.59. The zero-order chi connectivity index (χ0) is 29.6. The minimum Gasteiger partial charge on any atom is -0.481 e. The molecular weight excluding hydrogens is 563 g/mol. The fraction of sp³-hybridized carbons (Fsp3) is 0.235. The minimum atomic E-state index is -1.57. The van der Waals surface area contributed by atoms with Crippen LogP contribution in [-0.4, -0.2) is 32.3 Å². The van der Waals surface area contributed by atoms with Crippen LogP contribution in [0.15, 0.2) is 83.1 Å². The van der Waals surface area contributed by atoms with E-state index in [2.05, 4.69) is 23.1 Å². The molecule has 8 heteroatoms. The maximum absolute atomic E-state index is 14.5. The number of thiophene rings is 1. The zero-order valence-electron chi connectivity index (χ0n) is 23.8. The van der Waals surface area contributed by atoms with Gasteiger partial charge < -0.3 is 10.0 Å². The summed E-state index contributed by atoms with van der Waals surface area (Å²) >= 11 is 1.40. The molecule has 0 radical (unpaired) electrons. The van der Waals surface area contributed by atoms with Gasteiger partial charge in [-0.3, -0.25) is 8.77 Å². The van der Waals surface area contributed by atoms with Crippen molar-refractivity contribution in [2.75, 3.05) is 18.0 Å². The Morgan fingerprint density at radius 2 is 1.71 bits per heavy atom. The molecule has 0 aliphatic carbocycles. The Morgan fingerprint density at radius 1 is 1.00 bits per heavy atom. The summed E-state index contributed by atoms with van der Waals surface area (Å²) in [7, 11) is -1.57. The molecule has 0 bridgehead atoms. The van der Waals surface area contributed by atoms with Crippen LogP contribution >= 0.6 is 11.3 Å². The Labute approximate surface area is 252 Å². The van der Waals surface area contributed by atoms with Crippen molar-refractivity contribution in [2.24, 2.45) is 5.41 Å². The van der Waals surface area contributed by atoms with Crippen LogP contribution in [0.4, 0.5) is 5.69 Å². The van der Waals surface area contributed by atoms with Crippen LogP contribution in [-0.2, 0) is 15.8 Å². The van der Waals surface area contributed by atoms with Gasteiger partial charge in [0.1, 0.15) is 10.9 Å². The second-order valence-corrected chi connectivity index (χ2v) is 13.5. The lowest BCUT2D eigenvalue weighted by atomic mass is 9.80. The molecule has 3 heterocycles. The lowest BCUT2D eigenvalue weighted by Crippen LogP contribution is -2.42. The molecule has 3 aromatic carbocycles. The Bertz CT molecular complexity index is 1890. The molecule has 1 atom stereocenters. The highest BCUT2D eigenvalue weighted by molar-refractivity contribution is 7.83. The van der Waals surface area contributed by atoms with Gasteiger partial charge in [0, 0.05) is 40.9 Å². The van der Waals surface area contributed by atoms with Crippen molar-refractivity contribution >= 4 is 44.9 Å². The van der Waals surface area contributed by atoms with Crippen molar-refractivity contribution in [2.45, 2.75) is 38.5 Å². The lowest BCUT2D eigenvalue weighted by Gasteiger charge is -2.37. The minimum absolute atomic E-state index is 0.565. The van der Waals surface area contributed by atoms with Crippen LogP contribution in [0.2, 0.25) is 0 Å². The molecule has 6 rings (SSSR count). The number of fused-ring (bicyclic) bond motifs is 1. The summed E-state index contributed by atoms with van der Waals surface area (Å²) in [6.45, 7) is 7.15. The van der Waals surface area contributed by atoms with E-state index in [0.29, 0.717) is 35.7 Å². The number of piperidine rings is 1. The molecule has 2 aromatic heterocycles. The molecular formula is C34H31N3O3S2. The maximum atomic E-state index is 14.5. The number of aromatic nitrogens is 1. The van der Waals surface area contributed by atoms with Crippen molar-refractivity contribution in [3.05, 3.63) is 94.2 Å². The lowest BCUT2D eigenvalue weighted by molar-refractivity contribution is -0.149. The van der Waals surface area contributed by atoms with E-state index in [0.717, 1.165) is 50.1 Å². The number of nitriles is 1. The molecule has 6 nitrogen and oxygen atoms in total. The van der Waals surface area contributed by atoms with Crippen LogP contribution in [0.1, 0.15) is 35.8 Å². The molecule has 0 amide bonds. The molecule has 1 aliphatic rings. The van der Waals surface area contributed by atoms with Gasteiger partial charge in [0.2, 0.25) is 0 Å². The van der Waals surface area contributed by atoms with E-state index in [1.165, 1.54) is 11.3 Å². The van der Waals surface area contributed by atoms with Crippen LogP contribution in [0.3, 0.4) is 0 Å². The maximum Gasteiger partial charge on any atom is 0.309 e. The summed E-state index contributed by atoms with van der Waals surface area (Å²) in [6, 6.07) is 26.4. The zero-order valence-corrected chi connectivity index (χ0v) is 25.4. The quantitative estimate of drug-likeness (QED) is 0.217. The van der Waals surface area contributed by atoms with Gasteiger partial charge in [0.15, 0.2) is 11.0 Å². The number of nitrogens with zero attached hydrogens (tertiary/aromatic N) is 3. The molecule has 0 spiro atoms. The molecule has 0 saturated carbocycles. The van der Waals surface area contributed by atoms with Crippen LogP contribution < -0.4 is 4.90 Å². The second-order valence-electron chi connectivity index (χ2n) is 11.3. The van der Waals surface area contributed by atoms with Gasteiger partial charge in [-0.15, -0.1) is 11.3 Å². The number of hydrogen-bond acceptors (Lipinski definition) is 5. The van der Waals surface area contributed by atoms with E-state index < -0.39 is 22.4 Å². The number of carboxylic acid groups (broad SMARTS) is 1. The number of aliphatic carboxylic acids is 1. The van der Waals surface area contributed by atoms with Crippen molar-refractivity contribution in [3.63, 3.8) is 0 Å². The summed E-state index contributed by atoms with van der Waals surface area (Å²) < 4.78 is 16.4. The number of hydrogen-bond donors (Lipinski definition) is 1. The Balaban J connectivity index is 1.59. The largest absolute Gasteiger partial charge is 0.481 e. The molecule has 1 saturated heterocycles. The van der Waals surface area contributed by atoms with Gasteiger partial charge >= 0.3 is 5.97 Å². The van der Waals surface area contributed by atoms with Gasteiger partial charge in [-0.1, -0.05) is 41.5 Å². The van der Waals surface area contributed by atoms with Gasteiger partial charge in [0.25, 0.3) is 0 Å². The molecule has 1 unspecified atom stereocenters. The third-order valence-corrected chi connectivity index (χ3v) is 10.6. The van der Waals surface area contributed by atoms with E-state index in [9.17, 15) is 19.4 Å². The van der Waals surface area contributed by atoms with Gasteiger partial charge in [-0.2, -0.15) is 5.26 Å². The molecule has 1 N–H and O–H groups in total. The molecule has 42 heavy (non-hydrogen) atoms. The number of rotatable bonds is 6. The normalized spacial score (nSPS) is 15.4. The number of carbonyl (C=O) groups is 1. The third kappa shape index (κ3) is 4.83. The predicted octanol–water partition coefficient (Wildman–Crippen LogP) is 7.79. The first-order chi connectivity index (χ1) is 20.2. The van der Waals surface area contributed by atoms with E-state index >= 15 is 0 Å². The summed E-state index contributed by atoms with van der Waals surface area (Å²) in [5, 5.41) is 22.6. The topological polar surface area (TPSA) is 86.3 Å². The summed E-state index contributed by atoms with van der Waals surface area (Å²) in [5.41, 5.74) is 6.67. The fourth-order valence-electron chi connectivity index (χ4n) is 5.76. The smallest absolute Gasteiger partial charge is 0.309 e. The SMILES string of the molecule is Cc1ccc(S(=O)n2c(-c3cccc(N4CCC(C)(C(=O)O)CC4)c3)c(-c3ccsc3C#N)c3cc(C)ccc32)cc1. The summed E-state index contributed by atoms with van der Waals surface area (Å²) in [6.07, 6.45) is 1.13. The highest BCUT2D eigenvalue weighted by Crippen LogP contribution is 2.45. The molecule has 1 fully saturated rings. The molecule has 1 aliphatic heterocycles. The summed E-state index contributed by atoms with van der Waals surface area (Å²) in [4.78, 5) is 15.4. The highest BCUT2D eigenvalue weighted by atomic mass is 32.2. The third-order valence-electron chi connectivity index (χ3n) is 8.37. The van der Waals surface area contributed by atoms with E-state index in [1.54, 1.807) is 0 Å². The van der Waals surface area contributed by atoms with Crippen molar-refractivity contribution in [1.29, 1.82) is 5.26 Å². The Hall–Kier alpha value is -4.19. The molecule has 212 valence electrons. The molecule has 5 aromatic rings. The number of benzene rings is 3. The van der Waals surface area contributed by atoms with E-state index in [-0.39, 0.29) is 0 Å². The number of carboxylic acids is 1. The number of aryl methyl sites for hydroxylation is 2. The fourth-order valence-corrected chi connectivity index (χ4v) is 7.73. The van der Waals surface area contributed by atoms with Crippen molar-refractivity contribution in [1.82, 2.24) is 3.97 Å². The first-order valence-corrected chi connectivity index (χ1v) is 15.9. The van der Waals surface area contributed by atoms with Crippen molar-refractivity contribution in [3.8, 4) is 28.5 Å². The van der Waals surface area contributed by atoms with Crippen molar-refractivity contribution < 1.29 is 14.1 Å². The van der Waals surface area contributed by atoms with Gasteiger partial charge in [0.05, 0.1) is 21.5 Å². The average molecular weight is 594 g/mol. The standard InChI is InChI=1S/C34H31N3O3S2/c1-22-7-10-26(11-8-22)42(40)37-29-12-9-23(2)19-28(29)31(27-13-18-41-30(27)21-35)32(37)24-5-4-6-25(20-24)36-16-14-34(3,15-17-36)33(38)39/h4-13,18-20H,14-17H2,1-3H3,(H,38,39). The number of anilines is 1. The van der Waals surface area contributed by atoms with E-state index in [1.807, 2.05) is 90.8 Å². The monoisotopic (exact) mass is 593 g/mol. The predicted molar refractivity (Wildman–Crippen MR) is 170 cm³/mol. The van der Waals surface area contributed by atoms with Crippen LogP contribution in [0, 0.1) is 30.6 Å². The van der Waals surface area contributed by atoms with Gasteiger partial charge in [-0.05, 0) is 81.5 Å². The van der Waals surface area contributed by atoms with Gasteiger partial charge in [-0.25, -0.2) is 4.21 Å². The first-order valence-electron chi connectivity index (χ1n) is 13.9.